The largest absolute Gasteiger partial charge is 0.336 e. The molecule has 0 saturated carbocycles. The van der Waals surface area contributed by atoms with Crippen LogP contribution in [0.5, 0.6) is 0 Å². The molecule has 51 heavy (non-hydrogen) atoms. The molecule has 0 spiro atoms. The molecule has 4 aliphatic heterocycles. The van der Waals surface area contributed by atoms with Crippen LogP contribution in [-0.4, -0.2) is 106 Å². The summed E-state index contributed by atoms with van der Waals surface area (Å²) in [4.78, 5) is 71.1. The smallest absolute Gasteiger partial charge is 0.280 e. The SMILES string of the molecule is CC1(C)CCC(C(=O)N2CCN(C3CCN(C(=O)c4cccc5c4CN(C4CCC(=O)NC4=O)C5=O)CC3(F)F)CC2)=C(c2ccc(Cl)cc2)C1. The maximum atomic E-state index is 15.9. The molecule has 0 bridgehead atoms. The number of allylic oxidation sites excluding steroid dienone is 1. The zero-order chi connectivity index (χ0) is 36.2. The molecule has 3 saturated heterocycles. The summed E-state index contributed by atoms with van der Waals surface area (Å²) in [5.41, 5.74) is 3.66. The van der Waals surface area contributed by atoms with Gasteiger partial charge in [-0.2, -0.15) is 0 Å². The Kier molecular flexibility index (Phi) is 9.28. The van der Waals surface area contributed by atoms with Crippen LogP contribution in [0.3, 0.4) is 0 Å². The number of hydrogen-bond donors (Lipinski definition) is 1. The van der Waals surface area contributed by atoms with Gasteiger partial charge in [-0.15, -0.1) is 0 Å². The number of carbonyl (C=O) groups excluding carboxylic acids is 5. The monoisotopic (exact) mass is 721 g/mol. The van der Waals surface area contributed by atoms with Gasteiger partial charge < -0.3 is 14.7 Å². The van der Waals surface area contributed by atoms with Crippen LogP contribution in [0.25, 0.3) is 5.57 Å². The highest BCUT2D eigenvalue weighted by molar-refractivity contribution is 6.30. The van der Waals surface area contributed by atoms with Crippen molar-refractivity contribution in [3.8, 4) is 0 Å². The molecule has 2 aromatic rings. The summed E-state index contributed by atoms with van der Waals surface area (Å²) in [6.07, 6.45) is 2.64. The van der Waals surface area contributed by atoms with E-state index in [-0.39, 0.29) is 54.8 Å². The second-order valence-electron chi connectivity index (χ2n) is 15.2. The first-order chi connectivity index (χ1) is 24.2. The van der Waals surface area contributed by atoms with Gasteiger partial charge in [0.05, 0.1) is 12.6 Å². The molecule has 13 heteroatoms. The van der Waals surface area contributed by atoms with Crippen LogP contribution in [-0.2, 0) is 20.9 Å². The Balaban J connectivity index is 1.000. The number of amides is 5. The predicted molar refractivity (Wildman–Crippen MR) is 186 cm³/mol. The molecule has 0 radical (unpaired) electrons. The van der Waals surface area contributed by atoms with Crippen molar-refractivity contribution in [2.75, 3.05) is 39.3 Å². The Morgan fingerprint density at radius 2 is 1.61 bits per heavy atom. The topological polar surface area (TPSA) is 110 Å². The van der Waals surface area contributed by atoms with E-state index in [1.807, 2.05) is 24.3 Å². The summed E-state index contributed by atoms with van der Waals surface area (Å²) in [7, 11) is 0. The molecule has 4 heterocycles. The van der Waals surface area contributed by atoms with E-state index in [9.17, 15) is 24.0 Å². The van der Waals surface area contributed by atoms with Gasteiger partial charge in [0, 0.05) is 67.4 Å². The van der Waals surface area contributed by atoms with Gasteiger partial charge in [0.15, 0.2) is 0 Å². The molecule has 2 atom stereocenters. The standard InChI is InChI=1S/C38H42ClF2N5O5/c1-37(2)14-12-27(28(20-37)23-6-8-24(39)9-7-23)34(49)44-18-16-43(17-19-44)31-13-15-45(22-38(31,40)41)35(50)25-4-3-5-26-29(25)21-46(36(26)51)30-10-11-32(47)42-33(30)48/h3-9,30-31H,10-22H2,1-2H3,(H,42,47,48). The molecule has 5 aliphatic rings. The molecule has 2 aromatic carbocycles. The average molecular weight is 722 g/mol. The maximum Gasteiger partial charge on any atom is 0.280 e. The minimum Gasteiger partial charge on any atom is -0.336 e. The zero-order valence-electron chi connectivity index (χ0n) is 28.9. The van der Waals surface area contributed by atoms with Crippen LogP contribution >= 0.6 is 11.6 Å². The Morgan fingerprint density at radius 3 is 2.29 bits per heavy atom. The third kappa shape index (κ3) is 6.80. The van der Waals surface area contributed by atoms with Crippen LogP contribution in [0, 0.1) is 5.41 Å². The van der Waals surface area contributed by atoms with E-state index in [0.717, 1.165) is 34.5 Å². The van der Waals surface area contributed by atoms with Crippen molar-refractivity contribution in [3.63, 3.8) is 0 Å². The minimum atomic E-state index is -3.20. The van der Waals surface area contributed by atoms with E-state index in [2.05, 4.69) is 19.2 Å². The fourth-order valence-electron chi connectivity index (χ4n) is 8.39. The quantitative estimate of drug-likeness (QED) is 0.447. The van der Waals surface area contributed by atoms with Crippen LogP contribution in [0.15, 0.2) is 48.0 Å². The van der Waals surface area contributed by atoms with Gasteiger partial charge in [-0.3, -0.25) is 34.2 Å². The third-order valence-corrected chi connectivity index (χ3v) is 11.5. The summed E-state index contributed by atoms with van der Waals surface area (Å²) in [6.45, 7) is 5.01. The molecular weight excluding hydrogens is 680 g/mol. The Hall–Kier alpha value is -4.16. The molecule has 7 rings (SSSR count). The zero-order valence-corrected chi connectivity index (χ0v) is 29.6. The first-order valence-electron chi connectivity index (χ1n) is 17.7. The molecule has 1 aliphatic carbocycles. The second-order valence-corrected chi connectivity index (χ2v) is 15.6. The van der Waals surface area contributed by atoms with Gasteiger partial charge in [-0.05, 0) is 78.5 Å². The molecule has 3 fully saturated rings. The van der Waals surface area contributed by atoms with Crippen molar-refractivity contribution in [2.45, 2.75) is 76.9 Å². The first-order valence-corrected chi connectivity index (χ1v) is 18.1. The Bertz CT molecular complexity index is 1820. The normalized spacial score (nSPS) is 25.2. The number of carbonyl (C=O) groups is 5. The number of nitrogens with zero attached hydrogens (tertiary/aromatic N) is 4. The van der Waals surface area contributed by atoms with Gasteiger partial charge in [-0.25, -0.2) is 8.78 Å². The molecule has 270 valence electrons. The fraction of sp³-hybridized carbons (Fsp3) is 0.500. The lowest BCUT2D eigenvalue weighted by Gasteiger charge is -2.46. The summed E-state index contributed by atoms with van der Waals surface area (Å²) in [5.74, 6) is -5.22. The molecular formula is C38H42ClF2N5O5. The van der Waals surface area contributed by atoms with Crippen LogP contribution in [0.1, 0.15) is 84.2 Å². The number of fused-ring (bicyclic) bond motifs is 1. The van der Waals surface area contributed by atoms with Gasteiger partial charge >= 0.3 is 0 Å². The lowest BCUT2D eigenvalue weighted by molar-refractivity contribution is -0.139. The van der Waals surface area contributed by atoms with Crippen LogP contribution < -0.4 is 5.32 Å². The Labute approximate surface area is 300 Å². The fourth-order valence-corrected chi connectivity index (χ4v) is 8.51. The lowest BCUT2D eigenvalue weighted by atomic mass is 9.72. The van der Waals surface area contributed by atoms with Gasteiger partial charge in [-0.1, -0.05) is 43.6 Å². The van der Waals surface area contributed by atoms with Crippen molar-refractivity contribution in [1.82, 2.24) is 24.9 Å². The number of halogens is 3. The predicted octanol–water partition coefficient (Wildman–Crippen LogP) is 4.76. The van der Waals surface area contributed by atoms with Gasteiger partial charge in [0.1, 0.15) is 6.04 Å². The molecule has 2 unspecified atom stereocenters. The van der Waals surface area contributed by atoms with Crippen LogP contribution in [0.4, 0.5) is 8.78 Å². The summed E-state index contributed by atoms with van der Waals surface area (Å²) < 4.78 is 31.8. The summed E-state index contributed by atoms with van der Waals surface area (Å²) in [6, 6.07) is 10.3. The number of likely N-dealkylation sites (tertiary alicyclic amines) is 1. The number of piperazine rings is 1. The van der Waals surface area contributed by atoms with Crippen molar-refractivity contribution < 1.29 is 32.8 Å². The maximum absolute atomic E-state index is 15.9. The van der Waals surface area contributed by atoms with E-state index in [0.29, 0.717) is 43.2 Å². The van der Waals surface area contributed by atoms with E-state index in [4.69, 9.17) is 11.6 Å². The van der Waals surface area contributed by atoms with Gasteiger partial charge in [0.25, 0.3) is 17.7 Å². The van der Waals surface area contributed by atoms with Crippen molar-refractivity contribution in [3.05, 3.63) is 75.3 Å². The third-order valence-electron chi connectivity index (χ3n) is 11.2. The van der Waals surface area contributed by atoms with Gasteiger partial charge in [0.2, 0.25) is 17.7 Å². The first kappa shape index (κ1) is 35.3. The summed E-state index contributed by atoms with van der Waals surface area (Å²) in [5, 5.41) is 2.89. The Morgan fingerprint density at radius 1 is 0.882 bits per heavy atom. The van der Waals surface area contributed by atoms with Crippen molar-refractivity contribution >= 4 is 46.7 Å². The average Bonchev–Trinajstić information content (AvgIpc) is 3.43. The second kappa shape index (κ2) is 13.4. The van der Waals surface area contributed by atoms with E-state index < -0.39 is 48.2 Å². The number of imide groups is 1. The highest BCUT2D eigenvalue weighted by atomic mass is 35.5. The number of rotatable bonds is 5. The van der Waals surface area contributed by atoms with E-state index in [1.54, 1.807) is 21.9 Å². The lowest BCUT2D eigenvalue weighted by Crippen LogP contribution is -2.63. The highest BCUT2D eigenvalue weighted by Crippen LogP contribution is 2.44. The molecule has 0 aromatic heterocycles. The molecule has 10 nitrogen and oxygen atoms in total. The minimum absolute atomic E-state index is 0.0198. The number of hydrogen-bond acceptors (Lipinski definition) is 6. The van der Waals surface area contributed by atoms with Crippen LogP contribution in [0.2, 0.25) is 5.02 Å². The number of alkyl halides is 2. The number of benzene rings is 2. The van der Waals surface area contributed by atoms with Crippen molar-refractivity contribution in [2.24, 2.45) is 5.41 Å². The number of piperidine rings is 2. The van der Waals surface area contributed by atoms with E-state index in [1.165, 1.54) is 11.0 Å². The van der Waals surface area contributed by atoms with E-state index >= 15 is 8.78 Å². The van der Waals surface area contributed by atoms with Crippen molar-refractivity contribution in [1.29, 1.82) is 0 Å². The number of nitrogens with one attached hydrogen (secondary N) is 1. The molecule has 5 amide bonds. The highest BCUT2D eigenvalue weighted by Gasteiger charge is 2.50. The molecule has 1 N–H and O–H groups in total. The summed E-state index contributed by atoms with van der Waals surface area (Å²) >= 11 is 6.14.